The Hall–Kier alpha value is -3.81. The standard InChI is InChI=1S/C22H24N4O4/c1-14-20(22(29)26(25(14)4)17-10-6-5-7-11-17)24-21(28)15(2)30-19-13-9-8-12-18(19)23-16(3)27/h5-13,15H,1-4H3,(H,23,27)(H,24,28)/t15-/m1/s1. The third-order valence-corrected chi connectivity index (χ3v) is 4.67. The maximum atomic E-state index is 12.9. The molecule has 0 aliphatic carbocycles. The van der Waals surface area contributed by atoms with E-state index >= 15 is 0 Å². The molecule has 156 valence electrons. The fraction of sp³-hybridized carbons (Fsp3) is 0.227. The van der Waals surface area contributed by atoms with Crippen molar-refractivity contribution >= 4 is 23.2 Å². The Bertz CT molecular complexity index is 1130. The summed E-state index contributed by atoms with van der Waals surface area (Å²) in [5.74, 6) is -0.356. The molecule has 0 aliphatic heterocycles. The molecule has 8 heteroatoms. The normalized spacial score (nSPS) is 11.6. The van der Waals surface area contributed by atoms with Gasteiger partial charge < -0.3 is 15.4 Å². The zero-order chi connectivity index (χ0) is 21.8. The second kappa shape index (κ2) is 8.69. The molecule has 1 atom stereocenters. The van der Waals surface area contributed by atoms with Gasteiger partial charge in [0.1, 0.15) is 11.4 Å². The van der Waals surface area contributed by atoms with Gasteiger partial charge in [-0.25, -0.2) is 4.68 Å². The molecule has 30 heavy (non-hydrogen) atoms. The Kier molecular flexibility index (Phi) is 6.06. The predicted molar refractivity (Wildman–Crippen MR) is 115 cm³/mol. The lowest BCUT2D eigenvalue weighted by Gasteiger charge is -2.17. The van der Waals surface area contributed by atoms with E-state index in [9.17, 15) is 14.4 Å². The lowest BCUT2D eigenvalue weighted by Crippen LogP contribution is -2.32. The van der Waals surface area contributed by atoms with Gasteiger partial charge in [-0.1, -0.05) is 30.3 Å². The number of carbonyl (C=O) groups is 2. The number of hydrogen-bond donors (Lipinski definition) is 2. The van der Waals surface area contributed by atoms with Crippen molar-refractivity contribution in [1.82, 2.24) is 9.36 Å². The van der Waals surface area contributed by atoms with Gasteiger partial charge in [-0.05, 0) is 38.1 Å². The van der Waals surface area contributed by atoms with E-state index in [1.54, 1.807) is 49.8 Å². The van der Waals surface area contributed by atoms with Crippen molar-refractivity contribution in [1.29, 1.82) is 0 Å². The lowest BCUT2D eigenvalue weighted by molar-refractivity contribution is -0.122. The molecule has 0 radical (unpaired) electrons. The number of aromatic nitrogens is 2. The number of benzene rings is 2. The van der Waals surface area contributed by atoms with Gasteiger partial charge in [0.2, 0.25) is 5.91 Å². The molecule has 0 unspecified atom stereocenters. The van der Waals surface area contributed by atoms with Crippen molar-refractivity contribution in [2.75, 3.05) is 10.6 Å². The minimum Gasteiger partial charge on any atom is -0.479 e. The minimum atomic E-state index is -0.899. The summed E-state index contributed by atoms with van der Waals surface area (Å²) in [5.41, 5.74) is 1.63. The molecule has 0 fully saturated rings. The molecule has 2 aromatic carbocycles. The Balaban J connectivity index is 1.82. The van der Waals surface area contributed by atoms with Crippen LogP contribution in [0, 0.1) is 6.92 Å². The van der Waals surface area contributed by atoms with Crippen LogP contribution in [0.15, 0.2) is 59.4 Å². The van der Waals surface area contributed by atoms with Gasteiger partial charge in [-0.3, -0.25) is 19.1 Å². The number of nitrogens with zero attached hydrogens (tertiary/aromatic N) is 2. The molecule has 1 aromatic heterocycles. The average molecular weight is 408 g/mol. The monoisotopic (exact) mass is 408 g/mol. The molecule has 0 bridgehead atoms. The van der Waals surface area contributed by atoms with Crippen LogP contribution in [0.3, 0.4) is 0 Å². The quantitative estimate of drug-likeness (QED) is 0.656. The highest BCUT2D eigenvalue weighted by Crippen LogP contribution is 2.25. The molecule has 0 spiro atoms. The van der Waals surface area contributed by atoms with Crippen molar-refractivity contribution in [2.45, 2.75) is 26.9 Å². The van der Waals surface area contributed by atoms with E-state index in [-0.39, 0.29) is 17.2 Å². The highest BCUT2D eigenvalue weighted by Gasteiger charge is 2.22. The van der Waals surface area contributed by atoms with E-state index in [0.717, 1.165) is 0 Å². The Labute approximate surface area is 174 Å². The summed E-state index contributed by atoms with van der Waals surface area (Å²) >= 11 is 0. The number of carbonyl (C=O) groups excluding carboxylic acids is 2. The first-order chi connectivity index (χ1) is 14.3. The largest absolute Gasteiger partial charge is 0.479 e. The van der Waals surface area contributed by atoms with Gasteiger partial charge in [0.15, 0.2) is 6.10 Å². The summed E-state index contributed by atoms with van der Waals surface area (Å²) in [5, 5.41) is 5.35. The highest BCUT2D eigenvalue weighted by atomic mass is 16.5. The summed E-state index contributed by atoms with van der Waals surface area (Å²) < 4.78 is 8.91. The van der Waals surface area contributed by atoms with Gasteiger partial charge in [-0.15, -0.1) is 0 Å². The third-order valence-electron chi connectivity index (χ3n) is 4.67. The molecule has 2 N–H and O–H groups in total. The summed E-state index contributed by atoms with van der Waals surface area (Å²) in [6, 6.07) is 16.0. The maximum absolute atomic E-state index is 12.9. The maximum Gasteiger partial charge on any atom is 0.295 e. The number of rotatable bonds is 6. The molecule has 0 saturated carbocycles. The zero-order valence-electron chi connectivity index (χ0n) is 17.3. The van der Waals surface area contributed by atoms with Gasteiger partial charge in [0, 0.05) is 14.0 Å². The highest BCUT2D eigenvalue weighted by molar-refractivity contribution is 5.95. The number of anilines is 2. The Morgan fingerprint density at radius 2 is 1.63 bits per heavy atom. The molecule has 8 nitrogen and oxygen atoms in total. The van der Waals surface area contributed by atoms with Crippen molar-refractivity contribution < 1.29 is 14.3 Å². The molecule has 0 saturated heterocycles. The fourth-order valence-corrected chi connectivity index (χ4v) is 3.04. The van der Waals surface area contributed by atoms with Crippen molar-refractivity contribution in [2.24, 2.45) is 7.05 Å². The minimum absolute atomic E-state index is 0.192. The molecule has 3 rings (SSSR count). The number of amides is 2. The van der Waals surface area contributed by atoms with Crippen LogP contribution >= 0.6 is 0 Å². The Morgan fingerprint density at radius 3 is 2.30 bits per heavy atom. The van der Waals surface area contributed by atoms with Crippen LogP contribution < -0.4 is 20.9 Å². The van der Waals surface area contributed by atoms with Crippen LogP contribution in [-0.4, -0.2) is 27.3 Å². The van der Waals surface area contributed by atoms with Gasteiger partial charge in [-0.2, -0.15) is 0 Å². The second-order valence-corrected chi connectivity index (χ2v) is 6.86. The zero-order valence-corrected chi connectivity index (χ0v) is 17.3. The van der Waals surface area contributed by atoms with E-state index in [4.69, 9.17) is 4.74 Å². The van der Waals surface area contributed by atoms with Crippen LogP contribution in [0.1, 0.15) is 19.5 Å². The Morgan fingerprint density at radius 1 is 1.00 bits per heavy atom. The van der Waals surface area contributed by atoms with E-state index < -0.39 is 12.0 Å². The summed E-state index contributed by atoms with van der Waals surface area (Å²) in [7, 11) is 1.75. The summed E-state index contributed by atoms with van der Waals surface area (Å²) in [4.78, 5) is 37.0. The first kappa shape index (κ1) is 20.9. The molecule has 2 amide bonds. The van der Waals surface area contributed by atoms with Crippen LogP contribution in [0.4, 0.5) is 11.4 Å². The van der Waals surface area contributed by atoms with E-state index in [0.29, 0.717) is 22.8 Å². The smallest absolute Gasteiger partial charge is 0.295 e. The third kappa shape index (κ3) is 4.27. The fourth-order valence-electron chi connectivity index (χ4n) is 3.04. The first-order valence-corrected chi connectivity index (χ1v) is 9.47. The van der Waals surface area contributed by atoms with E-state index in [1.165, 1.54) is 11.6 Å². The average Bonchev–Trinajstić information content (AvgIpc) is 2.93. The topological polar surface area (TPSA) is 94.4 Å². The van der Waals surface area contributed by atoms with E-state index in [2.05, 4.69) is 10.6 Å². The number of ether oxygens (including phenoxy) is 1. The molecule has 0 aliphatic rings. The van der Waals surface area contributed by atoms with E-state index in [1.807, 2.05) is 30.3 Å². The van der Waals surface area contributed by atoms with Crippen molar-refractivity contribution in [3.05, 3.63) is 70.6 Å². The molecular weight excluding hydrogens is 384 g/mol. The SMILES string of the molecule is CC(=O)Nc1ccccc1O[C@H](C)C(=O)Nc1c(C)n(C)n(-c2ccccc2)c1=O. The van der Waals surface area contributed by atoms with Crippen LogP contribution in [-0.2, 0) is 16.6 Å². The summed E-state index contributed by atoms with van der Waals surface area (Å²) in [6.07, 6.45) is -0.899. The van der Waals surface area contributed by atoms with Crippen LogP contribution in [0.2, 0.25) is 0 Å². The molecular formula is C22H24N4O4. The molecule has 3 aromatic rings. The number of para-hydroxylation sites is 3. The van der Waals surface area contributed by atoms with Gasteiger partial charge in [0.25, 0.3) is 11.5 Å². The summed E-state index contributed by atoms with van der Waals surface area (Å²) in [6.45, 7) is 4.73. The van der Waals surface area contributed by atoms with Crippen LogP contribution in [0.25, 0.3) is 5.69 Å². The predicted octanol–water partition coefficient (Wildman–Crippen LogP) is 2.85. The van der Waals surface area contributed by atoms with Gasteiger partial charge >= 0.3 is 0 Å². The first-order valence-electron chi connectivity index (χ1n) is 9.47. The number of nitrogens with one attached hydrogen (secondary N) is 2. The molecule has 1 heterocycles. The second-order valence-electron chi connectivity index (χ2n) is 6.86. The van der Waals surface area contributed by atoms with Crippen LogP contribution in [0.5, 0.6) is 5.75 Å². The lowest BCUT2D eigenvalue weighted by atomic mass is 10.2. The van der Waals surface area contributed by atoms with Crippen molar-refractivity contribution in [3.63, 3.8) is 0 Å². The van der Waals surface area contributed by atoms with Crippen molar-refractivity contribution in [3.8, 4) is 11.4 Å². The van der Waals surface area contributed by atoms with Gasteiger partial charge in [0.05, 0.1) is 17.1 Å². The number of hydrogen-bond acceptors (Lipinski definition) is 4.